The predicted octanol–water partition coefficient (Wildman–Crippen LogP) is 4.00. The van der Waals surface area contributed by atoms with Crippen molar-refractivity contribution in [1.82, 2.24) is 9.80 Å². The fraction of sp³-hybridized carbons (Fsp3) is 0.524. The van der Waals surface area contributed by atoms with Crippen LogP contribution in [0.25, 0.3) is 0 Å². The van der Waals surface area contributed by atoms with Crippen molar-refractivity contribution >= 4 is 11.3 Å². The van der Waals surface area contributed by atoms with Crippen LogP contribution in [0.5, 0.6) is 0 Å². The number of likely N-dealkylation sites (N-methyl/N-ethyl adjacent to an activating group) is 1. The van der Waals surface area contributed by atoms with Crippen LogP contribution in [0.2, 0.25) is 0 Å². The highest BCUT2D eigenvalue weighted by atomic mass is 32.1. The standard InChI is InChI=1S/C21H28N2OS/c1-22(15-18-6-3-2-4-7-18)19-14-21(24-17-19)9-11-23(12-10-21)16-20-8-5-13-25-20/h2-8,13,19H,9-12,14-17H2,1H3/t19-/m1/s1. The minimum absolute atomic E-state index is 0.127. The number of rotatable bonds is 5. The molecule has 1 aromatic carbocycles. The van der Waals surface area contributed by atoms with Crippen molar-refractivity contribution in [3.05, 3.63) is 58.3 Å². The lowest BCUT2D eigenvalue weighted by molar-refractivity contribution is -0.0451. The summed E-state index contributed by atoms with van der Waals surface area (Å²) in [5, 5.41) is 2.17. The van der Waals surface area contributed by atoms with Crippen molar-refractivity contribution < 1.29 is 4.74 Å². The second-order valence-corrected chi connectivity index (χ2v) is 8.64. The lowest BCUT2D eigenvalue weighted by Gasteiger charge is -2.38. The van der Waals surface area contributed by atoms with Gasteiger partial charge in [-0.15, -0.1) is 11.3 Å². The third kappa shape index (κ3) is 4.14. The van der Waals surface area contributed by atoms with Gasteiger partial charge in [-0.3, -0.25) is 9.80 Å². The summed E-state index contributed by atoms with van der Waals surface area (Å²) in [5.74, 6) is 0. The molecular weight excluding hydrogens is 328 g/mol. The zero-order chi connectivity index (χ0) is 17.1. The number of hydrogen-bond donors (Lipinski definition) is 0. The van der Waals surface area contributed by atoms with Gasteiger partial charge in [0, 0.05) is 37.1 Å². The van der Waals surface area contributed by atoms with Crippen LogP contribution in [0.4, 0.5) is 0 Å². The zero-order valence-corrected chi connectivity index (χ0v) is 15.9. The Bertz CT molecular complexity index is 650. The van der Waals surface area contributed by atoms with Crippen molar-refractivity contribution in [3.63, 3.8) is 0 Å². The molecule has 4 heteroatoms. The largest absolute Gasteiger partial charge is 0.373 e. The van der Waals surface area contributed by atoms with E-state index in [1.807, 2.05) is 11.3 Å². The third-order valence-corrected chi connectivity index (χ3v) is 6.68. The molecule has 2 aliphatic rings. The highest BCUT2D eigenvalue weighted by Crippen LogP contribution is 2.38. The summed E-state index contributed by atoms with van der Waals surface area (Å²) in [6, 6.07) is 15.7. The fourth-order valence-electron chi connectivity index (χ4n) is 4.19. The van der Waals surface area contributed by atoms with Crippen LogP contribution in [0.15, 0.2) is 47.8 Å². The molecule has 3 heterocycles. The Balaban J connectivity index is 1.28. The molecule has 2 aliphatic heterocycles. The molecule has 1 atom stereocenters. The SMILES string of the molecule is CN(Cc1ccccc1)[C@H]1COC2(CCN(Cc3cccs3)CC2)C1. The molecule has 0 bridgehead atoms. The van der Waals surface area contributed by atoms with Crippen LogP contribution in [-0.4, -0.2) is 48.2 Å². The van der Waals surface area contributed by atoms with E-state index in [1.54, 1.807) is 0 Å². The van der Waals surface area contributed by atoms with Crippen LogP contribution >= 0.6 is 11.3 Å². The average Bonchev–Trinajstić information content (AvgIpc) is 3.29. The summed E-state index contributed by atoms with van der Waals surface area (Å²) in [4.78, 5) is 6.53. The molecule has 0 radical (unpaired) electrons. The van der Waals surface area contributed by atoms with Crippen molar-refractivity contribution in [2.24, 2.45) is 0 Å². The Hall–Kier alpha value is -1.20. The van der Waals surface area contributed by atoms with Crippen LogP contribution in [-0.2, 0) is 17.8 Å². The molecule has 0 N–H and O–H groups in total. The van der Waals surface area contributed by atoms with E-state index in [1.165, 1.54) is 29.7 Å². The first-order chi connectivity index (χ1) is 12.2. The van der Waals surface area contributed by atoms with Gasteiger partial charge in [0.05, 0.1) is 12.2 Å². The molecule has 134 valence electrons. The quantitative estimate of drug-likeness (QED) is 0.805. The van der Waals surface area contributed by atoms with E-state index in [2.05, 4.69) is 64.7 Å². The van der Waals surface area contributed by atoms with E-state index in [4.69, 9.17) is 4.74 Å². The highest BCUT2D eigenvalue weighted by Gasteiger charge is 2.43. The first kappa shape index (κ1) is 17.2. The van der Waals surface area contributed by atoms with Gasteiger partial charge in [-0.1, -0.05) is 36.4 Å². The maximum atomic E-state index is 6.37. The molecular formula is C21H28N2OS. The van der Waals surface area contributed by atoms with E-state index in [-0.39, 0.29) is 5.60 Å². The van der Waals surface area contributed by atoms with Crippen molar-refractivity contribution in [3.8, 4) is 0 Å². The lowest BCUT2D eigenvalue weighted by Crippen LogP contribution is -2.44. The monoisotopic (exact) mass is 356 g/mol. The summed E-state index contributed by atoms with van der Waals surface area (Å²) in [6.45, 7) is 5.31. The first-order valence-corrected chi connectivity index (χ1v) is 10.2. The Morgan fingerprint density at radius 1 is 1.16 bits per heavy atom. The van der Waals surface area contributed by atoms with Crippen molar-refractivity contribution in [2.75, 3.05) is 26.7 Å². The van der Waals surface area contributed by atoms with Gasteiger partial charge >= 0.3 is 0 Å². The van der Waals surface area contributed by atoms with Gasteiger partial charge in [-0.25, -0.2) is 0 Å². The topological polar surface area (TPSA) is 15.7 Å². The minimum atomic E-state index is 0.127. The Kier molecular flexibility index (Phi) is 5.23. The van der Waals surface area contributed by atoms with Crippen LogP contribution in [0.1, 0.15) is 29.7 Å². The van der Waals surface area contributed by atoms with Gasteiger partial charge in [-0.05, 0) is 43.3 Å². The van der Waals surface area contributed by atoms with Crippen LogP contribution in [0, 0.1) is 0 Å². The van der Waals surface area contributed by atoms with Gasteiger partial charge in [0.15, 0.2) is 0 Å². The van der Waals surface area contributed by atoms with E-state index in [9.17, 15) is 0 Å². The maximum absolute atomic E-state index is 6.37. The molecule has 1 spiro atoms. The summed E-state index contributed by atoms with van der Waals surface area (Å²) in [6.07, 6.45) is 3.53. The molecule has 0 unspecified atom stereocenters. The number of nitrogens with zero attached hydrogens (tertiary/aromatic N) is 2. The number of piperidine rings is 1. The molecule has 0 aliphatic carbocycles. The van der Waals surface area contributed by atoms with Crippen molar-refractivity contribution in [2.45, 2.75) is 44.0 Å². The third-order valence-electron chi connectivity index (χ3n) is 5.81. The molecule has 2 saturated heterocycles. The summed E-state index contributed by atoms with van der Waals surface area (Å²) in [5.41, 5.74) is 1.51. The van der Waals surface area contributed by atoms with E-state index in [0.717, 1.165) is 32.8 Å². The highest BCUT2D eigenvalue weighted by molar-refractivity contribution is 7.09. The molecule has 3 nitrogen and oxygen atoms in total. The number of ether oxygens (including phenoxy) is 1. The molecule has 4 rings (SSSR count). The van der Waals surface area contributed by atoms with E-state index in [0.29, 0.717) is 6.04 Å². The Morgan fingerprint density at radius 3 is 2.68 bits per heavy atom. The molecule has 2 fully saturated rings. The van der Waals surface area contributed by atoms with Gasteiger partial charge in [0.25, 0.3) is 0 Å². The number of hydrogen-bond acceptors (Lipinski definition) is 4. The van der Waals surface area contributed by atoms with Crippen LogP contribution in [0.3, 0.4) is 0 Å². The maximum Gasteiger partial charge on any atom is 0.0723 e. The van der Waals surface area contributed by atoms with Gasteiger partial charge in [-0.2, -0.15) is 0 Å². The molecule has 1 aromatic heterocycles. The Morgan fingerprint density at radius 2 is 1.96 bits per heavy atom. The zero-order valence-electron chi connectivity index (χ0n) is 15.1. The molecule has 25 heavy (non-hydrogen) atoms. The van der Waals surface area contributed by atoms with Crippen LogP contribution < -0.4 is 0 Å². The number of benzene rings is 1. The molecule has 0 amide bonds. The van der Waals surface area contributed by atoms with Gasteiger partial charge in [0.2, 0.25) is 0 Å². The second-order valence-electron chi connectivity index (χ2n) is 7.61. The first-order valence-electron chi connectivity index (χ1n) is 9.35. The lowest BCUT2D eigenvalue weighted by atomic mass is 9.87. The fourth-order valence-corrected chi connectivity index (χ4v) is 4.94. The minimum Gasteiger partial charge on any atom is -0.373 e. The van der Waals surface area contributed by atoms with Gasteiger partial charge in [0.1, 0.15) is 0 Å². The molecule has 0 saturated carbocycles. The molecule has 2 aromatic rings. The van der Waals surface area contributed by atoms with Crippen molar-refractivity contribution in [1.29, 1.82) is 0 Å². The summed E-state index contributed by atoms with van der Waals surface area (Å²) >= 11 is 1.87. The van der Waals surface area contributed by atoms with Gasteiger partial charge < -0.3 is 4.74 Å². The summed E-state index contributed by atoms with van der Waals surface area (Å²) in [7, 11) is 2.24. The normalized spacial score (nSPS) is 23.5. The smallest absolute Gasteiger partial charge is 0.0723 e. The van der Waals surface area contributed by atoms with E-state index < -0.39 is 0 Å². The Labute approximate surface area is 155 Å². The number of likely N-dealkylation sites (tertiary alicyclic amines) is 1. The predicted molar refractivity (Wildman–Crippen MR) is 104 cm³/mol. The van der Waals surface area contributed by atoms with E-state index >= 15 is 0 Å². The average molecular weight is 357 g/mol. The second kappa shape index (κ2) is 7.58. The number of thiophene rings is 1. The summed E-state index contributed by atoms with van der Waals surface area (Å²) < 4.78 is 6.37.